The van der Waals surface area contributed by atoms with E-state index in [1.54, 1.807) is 6.20 Å². The van der Waals surface area contributed by atoms with Crippen LogP contribution in [0, 0.1) is 0 Å². The Labute approximate surface area is 73.8 Å². The van der Waals surface area contributed by atoms with Crippen LogP contribution in [-0.2, 0) is 5.41 Å². The van der Waals surface area contributed by atoms with E-state index >= 15 is 0 Å². The van der Waals surface area contributed by atoms with Gasteiger partial charge in [-0.05, 0) is 18.6 Å². The highest BCUT2D eigenvalue weighted by atomic mass is 14.7. The van der Waals surface area contributed by atoms with Gasteiger partial charge in [-0.1, -0.05) is 20.8 Å². The first kappa shape index (κ1) is 9.04. The largest absolute Gasteiger partial charge is 0.397 e. The summed E-state index contributed by atoms with van der Waals surface area (Å²) in [6.07, 6.45) is 2.80. The van der Waals surface area contributed by atoms with E-state index in [4.69, 9.17) is 5.73 Å². The molecule has 0 amide bonds. The molecule has 0 aliphatic carbocycles. The van der Waals surface area contributed by atoms with Gasteiger partial charge < -0.3 is 5.73 Å². The lowest BCUT2D eigenvalue weighted by atomic mass is 9.86. The summed E-state index contributed by atoms with van der Waals surface area (Å²) in [7, 11) is 0. The second-order valence-corrected chi connectivity index (χ2v) is 3.71. The maximum atomic E-state index is 5.55. The minimum absolute atomic E-state index is 0.160. The zero-order valence-corrected chi connectivity index (χ0v) is 7.96. The summed E-state index contributed by atoms with van der Waals surface area (Å²) in [6.45, 7) is 6.54. The van der Waals surface area contributed by atoms with Gasteiger partial charge in [0.2, 0.25) is 0 Å². The molecule has 0 saturated heterocycles. The van der Waals surface area contributed by atoms with Crippen molar-refractivity contribution < 1.29 is 0 Å². The fourth-order valence-corrected chi connectivity index (χ4v) is 0.987. The number of nitrogens with zero attached hydrogens (tertiary/aromatic N) is 1. The van der Waals surface area contributed by atoms with E-state index in [1.807, 2.05) is 12.1 Å². The van der Waals surface area contributed by atoms with E-state index in [0.717, 1.165) is 17.8 Å². The van der Waals surface area contributed by atoms with Crippen LogP contribution in [-0.4, -0.2) is 4.98 Å². The Kier molecular flexibility index (Phi) is 2.36. The molecule has 0 radical (unpaired) electrons. The van der Waals surface area contributed by atoms with Crippen LogP contribution in [0.2, 0.25) is 0 Å². The van der Waals surface area contributed by atoms with Crippen LogP contribution >= 0.6 is 0 Å². The van der Waals surface area contributed by atoms with E-state index in [0.29, 0.717) is 0 Å². The lowest BCUT2D eigenvalue weighted by Crippen LogP contribution is -2.17. The molecule has 2 nitrogen and oxygen atoms in total. The van der Waals surface area contributed by atoms with Gasteiger partial charge in [0.05, 0.1) is 11.9 Å². The number of pyridine rings is 1. The molecule has 0 aliphatic rings. The molecule has 0 bridgehead atoms. The maximum Gasteiger partial charge on any atom is 0.0501 e. The van der Waals surface area contributed by atoms with Gasteiger partial charge in [0.1, 0.15) is 0 Å². The fraction of sp³-hybridized carbons (Fsp3) is 0.500. The van der Waals surface area contributed by atoms with E-state index in [-0.39, 0.29) is 5.41 Å². The van der Waals surface area contributed by atoms with Crippen molar-refractivity contribution in [3.8, 4) is 0 Å². The highest BCUT2D eigenvalue weighted by Gasteiger charge is 2.18. The van der Waals surface area contributed by atoms with Crippen molar-refractivity contribution in [2.24, 2.45) is 0 Å². The van der Waals surface area contributed by atoms with Crippen molar-refractivity contribution in [1.29, 1.82) is 0 Å². The molecule has 2 N–H and O–H groups in total. The highest BCUT2D eigenvalue weighted by molar-refractivity contribution is 5.35. The molecule has 0 saturated carbocycles. The average molecular weight is 164 g/mol. The molecule has 1 heterocycles. The number of anilines is 1. The van der Waals surface area contributed by atoms with Crippen molar-refractivity contribution in [3.63, 3.8) is 0 Å². The number of nitrogens with two attached hydrogens (primary N) is 1. The van der Waals surface area contributed by atoms with E-state index < -0.39 is 0 Å². The summed E-state index contributed by atoms with van der Waals surface area (Å²) >= 11 is 0. The molecule has 0 spiro atoms. The summed E-state index contributed by atoms with van der Waals surface area (Å²) in [6, 6.07) is 3.90. The molecule has 66 valence electrons. The second-order valence-electron chi connectivity index (χ2n) is 3.71. The minimum Gasteiger partial charge on any atom is -0.397 e. The number of nitrogen functional groups attached to an aromatic ring is 1. The average Bonchev–Trinajstić information content (AvgIpc) is 2.05. The first-order valence-electron chi connectivity index (χ1n) is 4.28. The molecule has 0 unspecified atom stereocenters. The van der Waals surface area contributed by atoms with Gasteiger partial charge in [-0.3, -0.25) is 4.98 Å². The normalized spacial score (nSPS) is 11.6. The Balaban J connectivity index is 2.96. The quantitative estimate of drug-likeness (QED) is 0.728. The number of hydrogen-bond acceptors (Lipinski definition) is 2. The Morgan fingerprint density at radius 3 is 2.50 bits per heavy atom. The van der Waals surface area contributed by atoms with Crippen LogP contribution in [0.3, 0.4) is 0 Å². The van der Waals surface area contributed by atoms with Crippen molar-refractivity contribution in [3.05, 3.63) is 24.0 Å². The van der Waals surface area contributed by atoms with Gasteiger partial charge in [0, 0.05) is 11.1 Å². The third kappa shape index (κ3) is 1.76. The molecular formula is C10H16N2. The second kappa shape index (κ2) is 3.13. The number of hydrogen-bond donors (Lipinski definition) is 1. The zero-order chi connectivity index (χ0) is 9.19. The van der Waals surface area contributed by atoms with Gasteiger partial charge in [-0.2, -0.15) is 0 Å². The van der Waals surface area contributed by atoms with Crippen molar-refractivity contribution in [2.45, 2.75) is 32.6 Å². The van der Waals surface area contributed by atoms with Crippen LogP contribution in [0.4, 0.5) is 5.69 Å². The topological polar surface area (TPSA) is 38.9 Å². The van der Waals surface area contributed by atoms with Crippen molar-refractivity contribution in [1.82, 2.24) is 4.98 Å². The smallest absolute Gasteiger partial charge is 0.0501 e. The molecule has 0 fully saturated rings. The number of aromatic nitrogens is 1. The Bertz CT molecular complexity index is 249. The van der Waals surface area contributed by atoms with Gasteiger partial charge >= 0.3 is 0 Å². The van der Waals surface area contributed by atoms with E-state index in [1.165, 1.54) is 0 Å². The first-order chi connectivity index (χ1) is 5.56. The van der Waals surface area contributed by atoms with Gasteiger partial charge in [0.25, 0.3) is 0 Å². The standard InChI is InChI=1S/C10H16N2/c1-4-10(2,3)9-6-5-8(11)7-12-9/h5-7H,4,11H2,1-3H3. The summed E-state index contributed by atoms with van der Waals surface area (Å²) in [5.74, 6) is 0. The molecule has 1 aromatic rings. The van der Waals surface area contributed by atoms with Crippen LogP contribution in [0.1, 0.15) is 32.9 Å². The van der Waals surface area contributed by atoms with Crippen LogP contribution in [0.5, 0.6) is 0 Å². The zero-order valence-electron chi connectivity index (χ0n) is 7.96. The lowest BCUT2D eigenvalue weighted by molar-refractivity contribution is 0.490. The monoisotopic (exact) mass is 164 g/mol. The fourth-order valence-electron chi connectivity index (χ4n) is 0.987. The molecule has 0 atom stereocenters. The Hall–Kier alpha value is -1.05. The third-order valence-corrected chi connectivity index (χ3v) is 2.36. The highest BCUT2D eigenvalue weighted by Crippen LogP contribution is 2.24. The Morgan fingerprint density at radius 2 is 2.08 bits per heavy atom. The van der Waals surface area contributed by atoms with E-state index in [9.17, 15) is 0 Å². The van der Waals surface area contributed by atoms with Gasteiger partial charge in [-0.15, -0.1) is 0 Å². The molecule has 1 rings (SSSR count). The van der Waals surface area contributed by atoms with Crippen LogP contribution in [0.25, 0.3) is 0 Å². The third-order valence-electron chi connectivity index (χ3n) is 2.36. The predicted octanol–water partition coefficient (Wildman–Crippen LogP) is 2.35. The summed E-state index contributed by atoms with van der Waals surface area (Å²) < 4.78 is 0. The summed E-state index contributed by atoms with van der Waals surface area (Å²) in [4.78, 5) is 4.30. The van der Waals surface area contributed by atoms with E-state index in [2.05, 4.69) is 25.8 Å². The predicted molar refractivity (Wildman–Crippen MR) is 52.0 cm³/mol. The molecule has 0 aromatic carbocycles. The van der Waals surface area contributed by atoms with Crippen LogP contribution in [0.15, 0.2) is 18.3 Å². The minimum atomic E-state index is 0.160. The molecule has 0 aliphatic heterocycles. The van der Waals surface area contributed by atoms with Crippen molar-refractivity contribution >= 4 is 5.69 Å². The molecule has 12 heavy (non-hydrogen) atoms. The van der Waals surface area contributed by atoms with Crippen molar-refractivity contribution in [2.75, 3.05) is 5.73 Å². The van der Waals surface area contributed by atoms with Gasteiger partial charge in [0.15, 0.2) is 0 Å². The molecule has 1 aromatic heterocycles. The Morgan fingerprint density at radius 1 is 1.42 bits per heavy atom. The van der Waals surface area contributed by atoms with Gasteiger partial charge in [-0.25, -0.2) is 0 Å². The first-order valence-corrected chi connectivity index (χ1v) is 4.28. The molecular weight excluding hydrogens is 148 g/mol. The van der Waals surface area contributed by atoms with Crippen LogP contribution < -0.4 is 5.73 Å². The number of rotatable bonds is 2. The summed E-state index contributed by atoms with van der Waals surface area (Å²) in [5, 5.41) is 0. The lowest BCUT2D eigenvalue weighted by Gasteiger charge is -2.21. The maximum absolute atomic E-state index is 5.55. The molecule has 2 heteroatoms. The SMILES string of the molecule is CCC(C)(C)c1ccc(N)cn1. The summed E-state index contributed by atoms with van der Waals surface area (Å²) in [5.41, 5.74) is 7.55.